The largest absolute Gasteiger partial charge is 0.497 e. The second kappa shape index (κ2) is 12.3. The Balaban J connectivity index is 1.61. The molecule has 0 aliphatic carbocycles. The van der Waals surface area contributed by atoms with Crippen LogP contribution in [-0.2, 0) is 32.8 Å². The molecule has 1 fully saturated rings. The number of carbonyl (C=O) groups is 2. The molecule has 0 spiro atoms. The molecule has 1 aliphatic heterocycles. The van der Waals surface area contributed by atoms with Crippen molar-refractivity contribution >= 4 is 11.8 Å². The highest BCUT2D eigenvalue weighted by Crippen LogP contribution is 2.39. The van der Waals surface area contributed by atoms with E-state index in [4.69, 9.17) is 15.2 Å². The highest BCUT2D eigenvalue weighted by atomic mass is 16.5. The maximum atomic E-state index is 14.0. The number of nitrogens with zero attached hydrogens (tertiary/aromatic N) is 2. The van der Waals surface area contributed by atoms with Crippen LogP contribution in [0.3, 0.4) is 0 Å². The number of aryl methyl sites for hydroxylation is 2. The average Bonchev–Trinajstić information content (AvgIpc) is 3.28. The molecule has 2 amide bonds. The zero-order valence-electron chi connectivity index (χ0n) is 22.9. The minimum atomic E-state index is -0.769. The van der Waals surface area contributed by atoms with Gasteiger partial charge in [0.25, 0.3) is 0 Å². The molecule has 39 heavy (non-hydrogen) atoms. The summed E-state index contributed by atoms with van der Waals surface area (Å²) < 4.78 is 13.1. The normalized spacial score (nSPS) is 15.0. The lowest BCUT2D eigenvalue weighted by Gasteiger charge is -2.51. The molecule has 0 radical (unpaired) electrons. The fourth-order valence-electron chi connectivity index (χ4n) is 5.14. The number of ether oxygens (including phenoxy) is 2. The van der Waals surface area contributed by atoms with E-state index in [2.05, 4.69) is 31.0 Å². The number of aromatic nitrogens is 2. The van der Waals surface area contributed by atoms with Gasteiger partial charge in [0.05, 0.1) is 20.2 Å². The minimum Gasteiger partial charge on any atom is -0.497 e. The van der Waals surface area contributed by atoms with Crippen molar-refractivity contribution in [2.45, 2.75) is 57.6 Å². The lowest BCUT2D eigenvalue weighted by atomic mass is 9.82. The van der Waals surface area contributed by atoms with E-state index >= 15 is 0 Å². The van der Waals surface area contributed by atoms with Crippen molar-refractivity contribution in [3.05, 3.63) is 87.6 Å². The van der Waals surface area contributed by atoms with Gasteiger partial charge in [-0.05, 0) is 48.6 Å². The Morgan fingerprint density at radius 1 is 1.13 bits per heavy atom. The number of nitrogens with one attached hydrogen (secondary N) is 1. The van der Waals surface area contributed by atoms with Gasteiger partial charge < -0.3 is 25.1 Å². The molecule has 1 atom stereocenters. The molecule has 1 aromatic heterocycles. The SMILES string of the molecule is CCCCOC1(c2ccccc2C)CN(C(=O)[C@@H](Cc2ccc(OC)cc2)n2cc(CCC(N)=O)[nH]c2=O)C1. The molecule has 0 saturated carbocycles. The molecule has 208 valence electrons. The van der Waals surface area contributed by atoms with Crippen LogP contribution in [0.4, 0.5) is 0 Å². The van der Waals surface area contributed by atoms with Gasteiger partial charge >= 0.3 is 5.69 Å². The first kappa shape index (κ1) is 28.2. The first-order valence-electron chi connectivity index (χ1n) is 13.5. The number of unbranched alkanes of at least 4 members (excludes halogenated alkanes) is 1. The summed E-state index contributed by atoms with van der Waals surface area (Å²) in [6.45, 7) is 5.61. The van der Waals surface area contributed by atoms with Crippen LogP contribution in [0.2, 0.25) is 0 Å². The van der Waals surface area contributed by atoms with Crippen molar-refractivity contribution in [3.8, 4) is 5.75 Å². The molecule has 9 heteroatoms. The van der Waals surface area contributed by atoms with E-state index in [-0.39, 0.29) is 12.3 Å². The van der Waals surface area contributed by atoms with Crippen molar-refractivity contribution in [2.75, 3.05) is 26.8 Å². The van der Waals surface area contributed by atoms with E-state index in [9.17, 15) is 14.4 Å². The summed E-state index contributed by atoms with van der Waals surface area (Å²) in [5.41, 5.74) is 7.99. The third-order valence-corrected chi connectivity index (χ3v) is 7.36. The molecule has 4 rings (SSSR count). The van der Waals surface area contributed by atoms with E-state index in [1.807, 2.05) is 36.4 Å². The molecular weight excluding hydrogens is 496 g/mol. The minimum absolute atomic E-state index is 0.108. The Morgan fingerprint density at radius 2 is 1.85 bits per heavy atom. The van der Waals surface area contributed by atoms with Gasteiger partial charge in [-0.15, -0.1) is 0 Å². The standard InChI is InChI=1S/C30H38N4O5/c1-4-5-16-39-30(25-9-7-6-8-21(25)2)19-33(20-30)28(36)26(17-22-10-13-24(38-3)14-11-22)34-18-23(32-29(34)37)12-15-27(31)35/h6-11,13-14,18,26H,4-5,12,15-17,19-20H2,1-3H3,(H2,31,35)(H,32,37)/t26-/m1/s1. The molecule has 2 heterocycles. The van der Waals surface area contributed by atoms with Crippen molar-refractivity contribution < 1.29 is 19.1 Å². The van der Waals surface area contributed by atoms with E-state index in [1.165, 1.54) is 4.57 Å². The quantitative estimate of drug-likeness (QED) is 0.326. The summed E-state index contributed by atoms with van der Waals surface area (Å²) >= 11 is 0. The number of benzene rings is 2. The number of rotatable bonds is 13. The Kier molecular flexibility index (Phi) is 8.91. The first-order chi connectivity index (χ1) is 18.8. The number of hydrogen-bond donors (Lipinski definition) is 2. The summed E-state index contributed by atoms with van der Waals surface area (Å²) in [5.74, 6) is 0.103. The van der Waals surface area contributed by atoms with Gasteiger partial charge in [-0.25, -0.2) is 4.79 Å². The van der Waals surface area contributed by atoms with Gasteiger partial charge in [0, 0.05) is 31.3 Å². The van der Waals surface area contributed by atoms with Gasteiger partial charge in [-0.3, -0.25) is 14.2 Å². The van der Waals surface area contributed by atoms with Crippen LogP contribution in [0, 0.1) is 6.92 Å². The van der Waals surface area contributed by atoms with Crippen molar-refractivity contribution in [3.63, 3.8) is 0 Å². The molecule has 3 N–H and O–H groups in total. The second-order valence-electron chi connectivity index (χ2n) is 10.2. The molecule has 1 aliphatic rings. The number of amides is 2. The number of aromatic amines is 1. The zero-order valence-corrected chi connectivity index (χ0v) is 22.9. The smallest absolute Gasteiger partial charge is 0.326 e. The van der Waals surface area contributed by atoms with E-state index in [1.54, 1.807) is 18.2 Å². The lowest BCUT2D eigenvalue weighted by Crippen LogP contribution is -2.64. The topological polar surface area (TPSA) is 120 Å². The van der Waals surface area contributed by atoms with Crippen LogP contribution in [0.15, 0.2) is 59.5 Å². The number of nitrogens with two attached hydrogens (primary N) is 1. The second-order valence-corrected chi connectivity index (χ2v) is 10.2. The maximum absolute atomic E-state index is 14.0. The van der Waals surface area contributed by atoms with Crippen molar-refractivity contribution in [2.24, 2.45) is 5.73 Å². The third kappa shape index (κ3) is 6.42. The predicted molar refractivity (Wildman–Crippen MR) is 149 cm³/mol. The molecular formula is C30H38N4O5. The van der Waals surface area contributed by atoms with Crippen molar-refractivity contribution in [1.82, 2.24) is 14.5 Å². The van der Waals surface area contributed by atoms with E-state index in [0.29, 0.717) is 44.0 Å². The van der Waals surface area contributed by atoms with E-state index < -0.39 is 23.2 Å². The molecule has 3 aromatic rings. The van der Waals surface area contributed by atoms with Gasteiger partial charge in [0.2, 0.25) is 11.8 Å². The summed E-state index contributed by atoms with van der Waals surface area (Å²) in [6, 6.07) is 14.8. The Morgan fingerprint density at radius 3 is 2.49 bits per heavy atom. The van der Waals surface area contributed by atoms with Crippen molar-refractivity contribution in [1.29, 1.82) is 0 Å². The first-order valence-corrected chi connectivity index (χ1v) is 13.5. The Hall–Kier alpha value is -3.85. The summed E-state index contributed by atoms with van der Waals surface area (Å²) in [4.78, 5) is 42.8. The van der Waals surface area contributed by atoms with Gasteiger partial charge in [0.1, 0.15) is 17.4 Å². The fraction of sp³-hybridized carbons (Fsp3) is 0.433. The van der Waals surface area contributed by atoms with Crippen LogP contribution >= 0.6 is 0 Å². The van der Waals surface area contributed by atoms with Gasteiger partial charge in [-0.2, -0.15) is 0 Å². The molecule has 0 bridgehead atoms. The van der Waals surface area contributed by atoms with Crippen LogP contribution < -0.4 is 16.2 Å². The summed E-state index contributed by atoms with van der Waals surface area (Å²) in [7, 11) is 1.60. The number of primary amides is 1. The van der Waals surface area contributed by atoms with Crippen LogP contribution in [0.25, 0.3) is 0 Å². The van der Waals surface area contributed by atoms with Gasteiger partial charge in [-0.1, -0.05) is 49.7 Å². The number of H-pyrrole nitrogens is 1. The maximum Gasteiger partial charge on any atom is 0.326 e. The highest BCUT2D eigenvalue weighted by Gasteiger charge is 2.49. The van der Waals surface area contributed by atoms with Gasteiger partial charge in [0.15, 0.2) is 0 Å². The molecule has 1 saturated heterocycles. The highest BCUT2D eigenvalue weighted by molar-refractivity contribution is 5.82. The molecule has 0 unspecified atom stereocenters. The van der Waals surface area contributed by atoms with E-state index in [0.717, 1.165) is 29.5 Å². The predicted octanol–water partition coefficient (Wildman–Crippen LogP) is 3.25. The fourth-order valence-corrected chi connectivity index (χ4v) is 5.14. The third-order valence-electron chi connectivity index (χ3n) is 7.36. The number of hydrogen-bond acceptors (Lipinski definition) is 5. The molecule has 9 nitrogen and oxygen atoms in total. The van der Waals surface area contributed by atoms with Crippen LogP contribution in [-0.4, -0.2) is 53.1 Å². The summed E-state index contributed by atoms with van der Waals surface area (Å²) in [6.07, 6.45) is 4.31. The molecule has 2 aromatic carbocycles. The zero-order chi connectivity index (χ0) is 28.0. The van der Waals surface area contributed by atoms with Crippen LogP contribution in [0.1, 0.15) is 54.6 Å². The number of likely N-dealkylation sites (tertiary alicyclic amines) is 1. The number of imidazole rings is 1. The monoisotopic (exact) mass is 534 g/mol. The number of carbonyl (C=O) groups excluding carboxylic acids is 2. The van der Waals surface area contributed by atoms with Crippen LogP contribution in [0.5, 0.6) is 5.75 Å². The average molecular weight is 535 g/mol. The summed E-state index contributed by atoms with van der Waals surface area (Å²) in [5, 5.41) is 0. The lowest BCUT2D eigenvalue weighted by molar-refractivity contribution is -0.176. The number of methoxy groups -OCH3 is 1. The Labute approximate surface area is 228 Å². The Bertz CT molecular complexity index is 1340.